The maximum absolute atomic E-state index is 13.4. The van der Waals surface area contributed by atoms with Crippen LogP contribution in [-0.4, -0.2) is 31.3 Å². The molecule has 1 amide bonds. The summed E-state index contributed by atoms with van der Waals surface area (Å²) in [6, 6.07) is 4.85. The minimum Gasteiger partial charge on any atom is -0.393 e. The molecule has 0 radical (unpaired) electrons. The second kappa shape index (κ2) is 9.80. The lowest BCUT2D eigenvalue weighted by Crippen LogP contribution is -2.26. The van der Waals surface area contributed by atoms with Crippen LogP contribution in [0, 0.1) is 29.3 Å². The van der Waals surface area contributed by atoms with E-state index in [-0.39, 0.29) is 32.8 Å². The summed E-state index contributed by atoms with van der Waals surface area (Å²) in [5.41, 5.74) is -0.421. The lowest BCUT2D eigenvalue weighted by atomic mass is 9.79. The van der Waals surface area contributed by atoms with E-state index in [1.807, 2.05) is 6.92 Å². The largest absolute Gasteiger partial charge is 0.393 e. The average molecular weight is 490 g/mol. The molecule has 0 bridgehead atoms. The van der Waals surface area contributed by atoms with Crippen molar-refractivity contribution in [3.8, 4) is 0 Å². The van der Waals surface area contributed by atoms with Crippen LogP contribution < -0.4 is 5.32 Å². The normalized spacial score (nSPS) is 21.4. The van der Waals surface area contributed by atoms with Gasteiger partial charge in [0.2, 0.25) is 0 Å². The molecule has 1 unspecified atom stereocenters. The molecule has 1 aliphatic carbocycles. The van der Waals surface area contributed by atoms with Crippen molar-refractivity contribution in [2.45, 2.75) is 43.6 Å². The first-order valence-corrected chi connectivity index (χ1v) is 12.2. The Hall–Kier alpha value is -2.10. The first-order valence-electron chi connectivity index (χ1n) is 10.1. The fraction of sp³-hybridized carbons (Fsp3) is 0.409. The van der Waals surface area contributed by atoms with E-state index in [1.54, 1.807) is 0 Å². The highest BCUT2D eigenvalue weighted by Gasteiger charge is 2.28. The molecule has 0 aliphatic heterocycles. The van der Waals surface area contributed by atoms with Crippen LogP contribution in [0.15, 0.2) is 35.2 Å². The Labute approximate surface area is 189 Å². The third-order valence-electron chi connectivity index (χ3n) is 5.58. The van der Waals surface area contributed by atoms with Gasteiger partial charge < -0.3 is 10.4 Å². The van der Waals surface area contributed by atoms with Gasteiger partial charge >= 0.3 is 0 Å². The Bertz CT molecular complexity index is 1090. The summed E-state index contributed by atoms with van der Waals surface area (Å²) in [4.78, 5) is 12.2. The van der Waals surface area contributed by atoms with Crippen LogP contribution in [0.25, 0.3) is 0 Å². The molecule has 0 heterocycles. The van der Waals surface area contributed by atoms with Gasteiger partial charge in [0.25, 0.3) is 5.91 Å². The summed E-state index contributed by atoms with van der Waals surface area (Å²) in [5.74, 6) is -5.27. The number of amides is 1. The molecule has 2 aromatic carbocycles. The van der Waals surface area contributed by atoms with Gasteiger partial charge in [0, 0.05) is 23.4 Å². The van der Waals surface area contributed by atoms with Gasteiger partial charge in [0.1, 0.15) is 0 Å². The van der Waals surface area contributed by atoms with Gasteiger partial charge in [-0.15, -0.1) is 0 Å². The Morgan fingerprint density at radius 1 is 1.12 bits per heavy atom. The van der Waals surface area contributed by atoms with Crippen LogP contribution >= 0.6 is 11.6 Å². The van der Waals surface area contributed by atoms with Crippen LogP contribution in [0.3, 0.4) is 0 Å². The minimum absolute atomic E-state index is 0.0579. The highest BCUT2D eigenvalue weighted by molar-refractivity contribution is 7.91. The highest BCUT2D eigenvalue weighted by atomic mass is 35.5. The van der Waals surface area contributed by atoms with E-state index in [1.165, 1.54) is 12.1 Å². The summed E-state index contributed by atoms with van der Waals surface area (Å²) in [7, 11) is -3.84. The number of anilines is 1. The molecule has 32 heavy (non-hydrogen) atoms. The van der Waals surface area contributed by atoms with E-state index in [4.69, 9.17) is 11.6 Å². The highest BCUT2D eigenvalue weighted by Crippen LogP contribution is 2.33. The molecule has 0 aromatic heterocycles. The number of rotatable bonds is 6. The number of hydrogen-bond acceptors (Lipinski definition) is 4. The third-order valence-corrected chi connectivity index (χ3v) is 7.80. The number of benzene rings is 2. The van der Waals surface area contributed by atoms with Gasteiger partial charge in [-0.2, -0.15) is 0 Å². The van der Waals surface area contributed by atoms with Crippen molar-refractivity contribution >= 4 is 33.0 Å². The van der Waals surface area contributed by atoms with Crippen molar-refractivity contribution in [3.05, 3.63) is 58.4 Å². The van der Waals surface area contributed by atoms with Gasteiger partial charge in [-0.25, -0.2) is 21.6 Å². The summed E-state index contributed by atoms with van der Waals surface area (Å²) in [5, 5.41) is 12.1. The molecule has 2 N–H and O–H groups in total. The molecule has 1 aliphatic rings. The predicted molar refractivity (Wildman–Crippen MR) is 115 cm³/mol. The van der Waals surface area contributed by atoms with Crippen LogP contribution in [0.1, 0.15) is 43.0 Å². The van der Waals surface area contributed by atoms with Crippen LogP contribution in [-0.2, 0) is 9.84 Å². The van der Waals surface area contributed by atoms with Crippen molar-refractivity contribution < 1.29 is 31.5 Å². The lowest BCUT2D eigenvalue weighted by molar-refractivity contribution is 0.0740. The molecule has 0 saturated heterocycles. The topological polar surface area (TPSA) is 83.5 Å². The molecule has 0 spiro atoms. The van der Waals surface area contributed by atoms with Gasteiger partial charge in [-0.3, -0.25) is 4.79 Å². The zero-order chi connectivity index (χ0) is 23.6. The fourth-order valence-electron chi connectivity index (χ4n) is 4.09. The van der Waals surface area contributed by atoms with E-state index in [2.05, 4.69) is 5.32 Å². The van der Waals surface area contributed by atoms with Crippen LogP contribution in [0.4, 0.5) is 18.9 Å². The van der Waals surface area contributed by atoms with E-state index in [0.29, 0.717) is 37.3 Å². The Morgan fingerprint density at radius 3 is 2.41 bits per heavy atom. The summed E-state index contributed by atoms with van der Waals surface area (Å²) in [6.45, 7) is 2.02. The smallest absolute Gasteiger partial charge is 0.255 e. The molecule has 1 fully saturated rings. The van der Waals surface area contributed by atoms with Gasteiger partial charge in [0.15, 0.2) is 27.3 Å². The molecule has 1 saturated carbocycles. The average Bonchev–Trinajstić information content (AvgIpc) is 2.70. The molecular formula is C22H23ClF3NO4S. The fourth-order valence-corrected chi connectivity index (χ4v) is 6.09. The Balaban J connectivity index is 1.76. The molecule has 174 valence electrons. The van der Waals surface area contributed by atoms with Crippen LogP contribution in [0.5, 0.6) is 0 Å². The minimum atomic E-state index is -3.84. The molecule has 2 aromatic rings. The first kappa shape index (κ1) is 24.5. The molecule has 3 atom stereocenters. The number of carbonyl (C=O) groups is 1. The number of aliphatic hydroxyl groups is 1. The third kappa shape index (κ3) is 5.82. The van der Waals surface area contributed by atoms with Crippen LogP contribution in [0.2, 0.25) is 5.02 Å². The standard InChI is InChI=1S/C22H23ClF3NO4S/c1-12-6-13(8-16(28)7-12)4-5-32(30,31)20-9-14(2-3-17(20)23)22(29)27-15-10-18(24)21(26)19(25)11-15/h2-3,9-13,16,28H,4-8H2,1H3,(H,27,29)/t12?,13-,16-/m0/s1. The number of nitrogens with one attached hydrogen (secondary N) is 1. The second-order valence-electron chi connectivity index (χ2n) is 8.29. The van der Waals surface area contributed by atoms with E-state index in [9.17, 15) is 31.5 Å². The van der Waals surface area contributed by atoms with E-state index >= 15 is 0 Å². The van der Waals surface area contributed by atoms with Crippen molar-refractivity contribution in [2.75, 3.05) is 11.1 Å². The van der Waals surface area contributed by atoms with Crippen molar-refractivity contribution in [2.24, 2.45) is 11.8 Å². The summed E-state index contributed by atoms with van der Waals surface area (Å²) >= 11 is 6.08. The second-order valence-corrected chi connectivity index (χ2v) is 10.8. The zero-order valence-corrected chi connectivity index (χ0v) is 18.8. The molecular weight excluding hydrogens is 467 g/mol. The molecule has 5 nitrogen and oxygen atoms in total. The van der Waals surface area contributed by atoms with Gasteiger partial charge in [-0.05, 0) is 55.7 Å². The molecule has 3 rings (SSSR count). The Morgan fingerprint density at radius 2 is 1.78 bits per heavy atom. The zero-order valence-electron chi connectivity index (χ0n) is 17.2. The first-order chi connectivity index (χ1) is 15.0. The lowest BCUT2D eigenvalue weighted by Gasteiger charge is -2.30. The maximum atomic E-state index is 13.4. The SMILES string of the molecule is CC1C[C@H](O)C[C@@H](CCS(=O)(=O)c2cc(C(=O)Nc3cc(F)c(F)c(F)c3)ccc2Cl)C1. The van der Waals surface area contributed by atoms with Crippen molar-refractivity contribution in [3.63, 3.8) is 0 Å². The summed E-state index contributed by atoms with van der Waals surface area (Å²) in [6.07, 6.45) is 1.98. The summed E-state index contributed by atoms with van der Waals surface area (Å²) < 4.78 is 65.6. The van der Waals surface area contributed by atoms with E-state index < -0.39 is 39.3 Å². The number of halogens is 4. The Kier molecular flexibility index (Phi) is 7.52. The van der Waals surface area contributed by atoms with Crippen molar-refractivity contribution in [1.29, 1.82) is 0 Å². The van der Waals surface area contributed by atoms with E-state index in [0.717, 1.165) is 12.5 Å². The molecule has 10 heteroatoms. The van der Waals surface area contributed by atoms with Gasteiger partial charge in [-0.1, -0.05) is 18.5 Å². The predicted octanol–water partition coefficient (Wildman–Crippen LogP) is 4.97. The van der Waals surface area contributed by atoms with Crippen molar-refractivity contribution in [1.82, 2.24) is 0 Å². The van der Waals surface area contributed by atoms with Gasteiger partial charge in [0.05, 0.1) is 21.8 Å². The number of sulfone groups is 1. The number of hydrogen-bond donors (Lipinski definition) is 2. The quantitative estimate of drug-likeness (QED) is 0.561. The number of carbonyl (C=O) groups excluding carboxylic acids is 1. The maximum Gasteiger partial charge on any atom is 0.255 e. The number of aliphatic hydroxyl groups excluding tert-OH is 1. The monoisotopic (exact) mass is 489 g/mol.